The lowest BCUT2D eigenvalue weighted by atomic mass is 10.1. The molecule has 0 heterocycles. The first-order valence-electron chi connectivity index (χ1n) is 5.67. The van der Waals surface area contributed by atoms with E-state index >= 15 is 0 Å². The van der Waals surface area contributed by atoms with E-state index in [1.54, 1.807) is 12.1 Å². The van der Waals surface area contributed by atoms with Crippen LogP contribution in [-0.2, 0) is 6.54 Å². The molecule has 0 unspecified atom stereocenters. The Kier molecular flexibility index (Phi) is 4.90. The summed E-state index contributed by atoms with van der Waals surface area (Å²) in [6, 6.07) is 6.68. The zero-order valence-electron chi connectivity index (χ0n) is 10.3. The Hall–Kier alpha value is -0.930. The van der Waals surface area contributed by atoms with E-state index in [1.807, 2.05) is 6.07 Å². The van der Waals surface area contributed by atoms with Gasteiger partial charge in [-0.2, -0.15) is 0 Å². The van der Waals surface area contributed by atoms with Crippen LogP contribution in [-0.4, -0.2) is 18.6 Å². The van der Waals surface area contributed by atoms with Crippen LogP contribution in [0.1, 0.15) is 26.3 Å². The molecule has 3 heteroatoms. The van der Waals surface area contributed by atoms with Gasteiger partial charge in [-0.15, -0.1) is 0 Å². The van der Waals surface area contributed by atoms with Gasteiger partial charge in [0.15, 0.2) is 0 Å². The fraction of sp³-hybridized carbons (Fsp3) is 0.538. The van der Waals surface area contributed by atoms with Gasteiger partial charge in [-0.3, -0.25) is 0 Å². The fourth-order valence-electron chi connectivity index (χ4n) is 1.41. The Morgan fingerprint density at radius 2 is 1.94 bits per heavy atom. The van der Waals surface area contributed by atoms with Crippen LogP contribution in [0, 0.1) is 5.82 Å². The molecule has 0 atom stereocenters. The van der Waals surface area contributed by atoms with Gasteiger partial charge in [0.2, 0.25) is 0 Å². The average molecular weight is 224 g/mol. The van der Waals surface area contributed by atoms with Crippen molar-refractivity contribution in [2.75, 3.05) is 13.1 Å². The van der Waals surface area contributed by atoms with E-state index in [-0.39, 0.29) is 11.4 Å². The molecular formula is C13H21FN2. The third-order valence-electron chi connectivity index (χ3n) is 2.18. The smallest absolute Gasteiger partial charge is 0.123 e. The largest absolute Gasteiger partial charge is 0.311 e. The van der Waals surface area contributed by atoms with E-state index in [9.17, 15) is 4.39 Å². The highest BCUT2D eigenvalue weighted by Crippen LogP contribution is 2.02. The molecule has 1 aromatic rings. The molecule has 0 amide bonds. The molecule has 16 heavy (non-hydrogen) atoms. The van der Waals surface area contributed by atoms with Gasteiger partial charge in [0.05, 0.1) is 0 Å². The maximum Gasteiger partial charge on any atom is 0.123 e. The minimum atomic E-state index is -0.174. The van der Waals surface area contributed by atoms with Gasteiger partial charge in [0.1, 0.15) is 5.82 Å². The maximum absolute atomic E-state index is 12.9. The third-order valence-corrected chi connectivity index (χ3v) is 2.18. The Morgan fingerprint density at radius 3 is 2.56 bits per heavy atom. The lowest BCUT2D eigenvalue weighted by Crippen LogP contribution is -2.40. The highest BCUT2D eigenvalue weighted by Gasteiger charge is 2.06. The monoisotopic (exact) mass is 224 g/mol. The van der Waals surface area contributed by atoms with Gasteiger partial charge in [0, 0.05) is 25.2 Å². The van der Waals surface area contributed by atoms with Crippen molar-refractivity contribution < 1.29 is 4.39 Å². The van der Waals surface area contributed by atoms with Crippen molar-refractivity contribution in [3.8, 4) is 0 Å². The van der Waals surface area contributed by atoms with Crippen LogP contribution in [0.3, 0.4) is 0 Å². The average Bonchev–Trinajstić information content (AvgIpc) is 2.15. The van der Waals surface area contributed by atoms with Crippen molar-refractivity contribution in [2.24, 2.45) is 0 Å². The van der Waals surface area contributed by atoms with Crippen LogP contribution < -0.4 is 10.6 Å². The lowest BCUT2D eigenvalue weighted by molar-refractivity contribution is 0.421. The highest BCUT2D eigenvalue weighted by atomic mass is 19.1. The summed E-state index contributed by atoms with van der Waals surface area (Å²) in [6.07, 6.45) is 0. The summed E-state index contributed by atoms with van der Waals surface area (Å²) < 4.78 is 12.9. The first kappa shape index (κ1) is 13.1. The summed E-state index contributed by atoms with van der Waals surface area (Å²) in [7, 11) is 0. The predicted octanol–water partition coefficient (Wildman–Crippen LogP) is 2.30. The van der Waals surface area contributed by atoms with E-state index in [4.69, 9.17) is 0 Å². The van der Waals surface area contributed by atoms with Gasteiger partial charge >= 0.3 is 0 Å². The van der Waals surface area contributed by atoms with Crippen LogP contribution in [0.15, 0.2) is 24.3 Å². The van der Waals surface area contributed by atoms with Gasteiger partial charge in [-0.1, -0.05) is 12.1 Å². The summed E-state index contributed by atoms with van der Waals surface area (Å²) in [5.41, 5.74) is 1.14. The zero-order chi connectivity index (χ0) is 12.0. The normalized spacial score (nSPS) is 11.8. The number of hydrogen-bond donors (Lipinski definition) is 2. The second-order valence-corrected chi connectivity index (χ2v) is 4.98. The molecule has 0 aliphatic carbocycles. The fourth-order valence-corrected chi connectivity index (χ4v) is 1.41. The first-order chi connectivity index (χ1) is 7.47. The van der Waals surface area contributed by atoms with Crippen LogP contribution >= 0.6 is 0 Å². The third kappa shape index (κ3) is 5.83. The molecule has 90 valence electrons. The molecule has 0 aromatic heterocycles. The van der Waals surface area contributed by atoms with E-state index in [0.717, 1.165) is 18.7 Å². The summed E-state index contributed by atoms with van der Waals surface area (Å²) in [5.74, 6) is -0.174. The van der Waals surface area contributed by atoms with E-state index in [0.29, 0.717) is 6.54 Å². The van der Waals surface area contributed by atoms with Gasteiger partial charge in [0.25, 0.3) is 0 Å². The van der Waals surface area contributed by atoms with Gasteiger partial charge in [-0.25, -0.2) is 4.39 Å². The number of hydrogen-bond acceptors (Lipinski definition) is 2. The summed E-state index contributed by atoms with van der Waals surface area (Å²) in [6.45, 7) is 8.93. The van der Waals surface area contributed by atoms with Crippen molar-refractivity contribution in [1.82, 2.24) is 10.6 Å². The molecule has 0 spiro atoms. The van der Waals surface area contributed by atoms with Crippen molar-refractivity contribution in [3.63, 3.8) is 0 Å². The molecule has 1 rings (SSSR count). The van der Waals surface area contributed by atoms with E-state index < -0.39 is 0 Å². The van der Waals surface area contributed by atoms with Gasteiger partial charge < -0.3 is 10.6 Å². The van der Waals surface area contributed by atoms with Crippen LogP contribution in [0.4, 0.5) is 4.39 Å². The molecule has 0 fully saturated rings. The molecule has 1 aromatic carbocycles. The van der Waals surface area contributed by atoms with Crippen molar-refractivity contribution in [2.45, 2.75) is 32.9 Å². The SMILES string of the molecule is CC(C)(C)NCCNCc1cccc(F)c1. The quantitative estimate of drug-likeness (QED) is 0.750. The van der Waals surface area contributed by atoms with Crippen LogP contribution in [0.5, 0.6) is 0 Å². The van der Waals surface area contributed by atoms with Crippen molar-refractivity contribution in [1.29, 1.82) is 0 Å². The molecule has 0 radical (unpaired) electrons. The highest BCUT2D eigenvalue weighted by molar-refractivity contribution is 5.15. The second-order valence-electron chi connectivity index (χ2n) is 4.98. The Labute approximate surface area is 97.3 Å². The summed E-state index contributed by atoms with van der Waals surface area (Å²) in [4.78, 5) is 0. The molecular weight excluding hydrogens is 203 g/mol. The Bertz CT molecular complexity index is 318. The summed E-state index contributed by atoms with van der Waals surface area (Å²) >= 11 is 0. The zero-order valence-corrected chi connectivity index (χ0v) is 10.3. The number of rotatable bonds is 5. The molecule has 0 saturated carbocycles. The number of halogens is 1. The van der Waals surface area contributed by atoms with Gasteiger partial charge in [-0.05, 0) is 38.5 Å². The second kappa shape index (κ2) is 5.97. The van der Waals surface area contributed by atoms with E-state index in [1.165, 1.54) is 6.07 Å². The lowest BCUT2D eigenvalue weighted by Gasteiger charge is -2.20. The first-order valence-corrected chi connectivity index (χ1v) is 5.67. The minimum Gasteiger partial charge on any atom is -0.311 e. The molecule has 2 N–H and O–H groups in total. The molecule has 0 aliphatic rings. The molecule has 0 bridgehead atoms. The molecule has 2 nitrogen and oxygen atoms in total. The molecule has 0 aliphatic heterocycles. The number of nitrogens with one attached hydrogen (secondary N) is 2. The molecule has 0 saturated heterocycles. The number of benzene rings is 1. The Balaban J connectivity index is 2.17. The van der Waals surface area contributed by atoms with Crippen LogP contribution in [0.25, 0.3) is 0 Å². The standard InChI is InChI=1S/C13H21FN2/c1-13(2,3)16-8-7-15-10-11-5-4-6-12(14)9-11/h4-6,9,15-16H,7-8,10H2,1-3H3. The summed E-state index contributed by atoms with van der Waals surface area (Å²) in [5, 5.41) is 6.66. The maximum atomic E-state index is 12.9. The van der Waals surface area contributed by atoms with Crippen molar-refractivity contribution >= 4 is 0 Å². The van der Waals surface area contributed by atoms with Crippen molar-refractivity contribution in [3.05, 3.63) is 35.6 Å². The van der Waals surface area contributed by atoms with Crippen LogP contribution in [0.2, 0.25) is 0 Å². The topological polar surface area (TPSA) is 24.1 Å². The predicted molar refractivity (Wildman–Crippen MR) is 65.9 cm³/mol. The minimum absolute atomic E-state index is 0.153. The van der Waals surface area contributed by atoms with E-state index in [2.05, 4.69) is 31.4 Å². The Morgan fingerprint density at radius 1 is 1.19 bits per heavy atom.